The highest BCUT2D eigenvalue weighted by Gasteiger charge is 2.29. The molecule has 1 N–H and O–H groups in total. The van der Waals surface area contributed by atoms with Crippen LogP contribution < -0.4 is 4.74 Å². The number of aliphatic hydroxyl groups is 1. The normalized spacial score (nSPS) is 21.4. The fraction of sp³-hybridized carbons (Fsp3) is 0.400. The second kappa shape index (κ2) is 5.58. The molecule has 2 unspecified atom stereocenters. The monoisotopic (exact) mass is 336 g/mol. The fourth-order valence-corrected chi connectivity index (χ4v) is 3.00. The first-order chi connectivity index (χ1) is 9.69. The lowest BCUT2D eigenvalue weighted by Gasteiger charge is -2.30. The molecule has 0 aliphatic carbocycles. The molecule has 20 heavy (non-hydrogen) atoms. The van der Waals surface area contributed by atoms with E-state index in [0.717, 1.165) is 34.4 Å². The van der Waals surface area contributed by atoms with Gasteiger partial charge in [-0.05, 0) is 24.6 Å². The Hall–Kier alpha value is -1.33. The van der Waals surface area contributed by atoms with Crippen molar-refractivity contribution in [1.29, 1.82) is 0 Å². The predicted octanol–water partition coefficient (Wildman–Crippen LogP) is 3.61. The Bertz CT molecular complexity index is 612. The van der Waals surface area contributed by atoms with E-state index >= 15 is 0 Å². The average Bonchev–Trinajstić information content (AvgIpc) is 2.88. The number of benzene rings is 1. The second-order valence-corrected chi connectivity index (χ2v) is 5.97. The highest BCUT2D eigenvalue weighted by molar-refractivity contribution is 9.10. The van der Waals surface area contributed by atoms with Crippen molar-refractivity contribution in [3.63, 3.8) is 0 Å². The molecule has 2 heterocycles. The van der Waals surface area contributed by atoms with E-state index in [9.17, 15) is 5.11 Å². The zero-order valence-electron chi connectivity index (χ0n) is 11.3. The van der Waals surface area contributed by atoms with Crippen molar-refractivity contribution in [1.82, 2.24) is 9.55 Å². The summed E-state index contributed by atoms with van der Waals surface area (Å²) in [5.41, 5.74) is 1.87. The molecule has 0 spiro atoms. The van der Waals surface area contributed by atoms with Crippen molar-refractivity contribution in [3.05, 3.63) is 46.5 Å². The standard InChI is InChI=1S/C15H17BrN2O2/c1-2-5-18-9-17-8-12(18)15-7-13(19)11-6-10(16)3-4-14(11)20-15/h3-4,6,8-9,13,15,19H,2,5,7H2,1H3. The lowest BCUT2D eigenvalue weighted by atomic mass is 9.97. The van der Waals surface area contributed by atoms with Crippen LogP contribution in [0, 0.1) is 0 Å². The lowest BCUT2D eigenvalue weighted by Crippen LogP contribution is -2.21. The van der Waals surface area contributed by atoms with Crippen LogP contribution in [0.3, 0.4) is 0 Å². The van der Waals surface area contributed by atoms with Crippen LogP contribution in [0.1, 0.15) is 43.2 Å². The van der Waals surface area contributed by atoms with E-state index in [1.165, 1.54) is 0 Å². The number of aryl methyl sites for hydroxylation is 1. The summed E-state index contributed by atoms with van der Waals surface area (Å²) >= 11 is 3.42. The van der Waals surface area contributed by atoms with Gasteiger partial charge in [0.05, 0.1) is 24.3 Å². The van der Waals surface area contributed by atoms with Crippen molar-refractivity contribution in [2.45, 2.75) is 38.5 Å². The highest BCUT2D eigenvalue weighted by atomic mass is 79.9. The van der Waals surface area contributed by atoms with Crippen LogP contribution in [0.5, 0.6) is 5.75 Å². The van der Waals surface area contributed by atoms with Crippen LogP contribution in [-0.2, 0) is 6.54 Å². The van der Waals surface area contributed by atoms with Gasteiger partial charge in [-0.3, -0.25) is 0 Å². The maximum atomic E-state index is 10.3. The number of nitrogens with zero attached hydrogens (tertiary/aromatic N) is 2. The van der Waals surface area contributed by atoms with Gasteiger partial charge in [0.2, 0.25) is 0 Å². The van der Waals surface area contributed by atoms with Crippen LogP contribution in [0.4, 0.5) is 0 Å². The molecule has 2 atom stereocenters. The fourth-order valence-electron chi connectivity index (χ4n) is 2.63. The number of hydrogen-bond acceptors (Lipinski definition) is 3. The number of fused-ring (bicyclic) bond motifs is 1. The van der Waals surface area contributed by atoms with Crippen LogP contribution in [-0.4, -0.2) is 14.7 Å². The third-order valence-electron chi connectivity index (χ3n) is 3.58. The Morgan fingerprint density at radius 1 is 1.50 bits per heavy atom. The zero-order valence-corrected chi connectivity index (χ0v) is 12.9. The van der Waals surface area contributed by atoms with E-state index in [0.29, 0.717) is 6.42 Å². The van der Waals surface area contributed by atoms with Crippen LogP contribution in [0.25, 0.3) is 0 Å². The Balaban J connectivity index is 1.91. The molecular weight excluding hydrogens is 320 g/mol. The van der Waals surface area contributed by atoms with Crippen molar-refractivity contribution in [2.75, 3.05) is 0 Å². The van der Waals surface area contributed by atoms with Gasteiger partial charge in [0.15, 0.2) is 0 Å². The molecule has 1 aromatic carbocycles. The minimum atomic E-state index is -0.508. The number of hydrogen-bond donors (Lipinski definition) is 1. The Labute approximate surface area is 126 Å². The Morgan fingerprint density at radius 2 is 2.35 bits per heavy atom. The number of halogens is 1. The van der Waals surface area contributed by atoms with Crippen molar-refractivity contribution in [3.8, 4) is 5.75 Å². The summed E-state index contributed by atoms with van der Waals surface area (Å²) < 4.78 is 9.10. The lowest BCUT2D eigenvalue weighted by molar-refractivity contribution is 0.0617. The molecule has 0 bridgehead atoms. The zero-order chi connectivity index (χ0) is 14.1. The number of rotatable bonds is 3. The van der Waals surface area contributed by atoms with Gasteiger partial charge in [-0.15, -0.1) is 0 Å². The molecule has 0 fully saturated rings. The van der Waals surface area contributed by atoms with Gasteiger partial charge in [-0.1, -0.05) is 22.9 Å². The smallest absolute Gasteiger partial charge is 0.143 e. The summed E-state index contributed by atoms with van der Waals surface area (Å²) in [5.74, 6) is 0.751. The van der Waals surface area contributed by atoms with E-state index < -0.39 is 6.10 Å². The molecule has 5 heteroatoms. The highest BCUT2D eigenvalue weighted by Crippen LogP contribution is 2.41. The summed E-state index contributed by atoms with van der Waals surface area (Å²) in [7, 11) is 0. The first-order valence-corrected chi connectivity index (χ1v) is 7.62. The van der Waals surface area contributed by atoms with Crippen molar-refractivity contribution in [2.24, 2.45) is 0 Å². The van der Waals surface area contributed by atoms with Crippen LogP contribution in [0.15, 0.2) is 35.2 Å². The molecule has 0 radical (unpaired) electrons. The molecule has 106 valence electrons. The van der Waals surface area contributed by atoms with Gasteiger partial charge in [0.25, 0.3) is 0 Å². The number of ether oxygens (including phenoxy) is 1. The largest absolute Gasteiger partial charge is 0.484 e. The molecule has 0 amide bonds. The van der Waals surface area contributed by atoms with Gasteiger partial charge in [-0.2, -0.15) is 0 Å². The van der Waals surface area contributed by atoms with E-state index in [1.54, 1.807) is 0 Å². The van der Waals surface area contributed by atoms with E-state index in [-0.39, 0.29) is 6.10 Å². The maximum Gasteiger partial charge on any atom is 0.143 e. The van der Waals surface area contributed by atoms with Gasteiger partial charge in [0, 0.05) is 23.0 Å². The van der Waals surface area contributed by atoms with Gasteiger partial charge in [0.1, 0.15) is 11.9 Å². The molecule has 0 saturated heterocycles. The van der Waals surface area contributed by atoms with Crippen molar-refractivity contribution >= 4 is 15.9 Å². The molecule has 0 saturated carbocycles. The quantitative estimate of drug-likeness (QED) is 0.931. The SMILES string of the molecule is CCCn1cncc1C1CC(O)c2cc(Br)ccc2O1. The summed E-state index contributed by atoms with van der Waals surface area (Å²) in [6, 6.07) is 5.74. The van der Waals surface area contributed by atoms with Gasteiger partial charge >= 0.3 is 0 Å². The van der Waals surface area contributed by atoms with Gasteiger partial charge < -0.3 is 14.4 Å². The number of aliphatic hydroxyl groups excluding tert-OH is 1. The molecule has 2 aromatic rings. The predicted molar refractivity (Wildman–Crippen MR) is 79.6 cm³/mol. The minimum Gasteiger partial charge on any atom is -0.484 e. The van der Waals surface area contributed by atoms with Crippen LogP contribution >= 0.6 is 15.9 Å². The summed E-state index contributed by atoms with van der Waals surface area (Å²) in [4.78, 5) is 4.20. The maximum absolute atomic E-state index is 10.3. The molecular formula is C15H17BrN2O2. The third kappa shape index (κ3) is 2.47. The van der Waals surface area contributed by atoms with E-state index in [4.69, 9.17) is 4.74 Å². The van der Waals surface area contributed by atoms with Gasteiger partial charge in [-0.25, -0.2) is 4.98 Å². The number of imidazole rings is 1. The molecule has 1 aliphatic rings. The molecule has 3 rings (SSSR count). The second-order valence-electron chi connectivity index (χ2n) is 5.05. The summed E-state index contributed by atoms with van der Waals surface area (Å²) in [6.45, 7) is 3.05. The first-order valence-electron chi connectivity index (χ1n) is 6.83. The molecule has 4 nitrogen and oxygen atoms in total. The molecule has 1 aliphatic heterocycles. The summed E-state index contributed by atoms with van der Waals surface area (Å²) in [6.07, 6.45) is 4.60. The van der Waals surface area contributed by atoms with Crippen LogP contribution in [0.2, 0.25) is 0 Å². The first kappa shape index (κ1) is 13.6. The minimum absolute atomic E-state index is 0.146. The topological polar surface area (TPSA) is 47.3 Å². The van der Waals surface area contributed by atoms with E-state index in [2.05, 4.69) is 32.4 Å². The number of aromatic nitrogens is 2. The summed E-state index contributed by atoms with van der Waals surface area (Å²) in [5, 5.41) is 10.3. The Kier molecular flexibility index (Phi) is 3.81. The molecule has 1 aromatic heterocycles. The van der Waals surface area contributed by atoms with Crippen molar-refractivity contribution < 1.29 is 9.84 Å². The van der Waals surface area contributed by atoms with E-state index in [1.807, 2.05) is 30.7 Å². The average molecular weight is 337 g/mol. The Morgan fingerprint density at radius 3 is 3.15 bits per heavy atom. The third-order valence-corrected chi connectivity index (χ3v) is 4.07.